The van der Waals surface area contributed by atoms with Gasteiger partial charge in [0.25, 0.3) is 0 Å². The van der Waals surface area contributed by atoms with E-state index >= 15 is 0 Å². The molecule has 0 N–H and O–H groups in total. The monoisotopic (exact) mass is 276 g/mol. The fourth-order valence-corrected chi connectivity index (χ4v) is 4.09. The van der Waals surface area contributed by atoms with Crippen LogP contribution in [0, 0.1) is 11.3 Å². The maximum atomic E-state index is 11.8. The minimum atomic E-state index is -0.311. The molecule has 2 atom stereocenters. The quantitative estimate of drug-likeness (QED) is 0.419. The Morgan fingerprint density at radius 2 is 1.90 bits per heavy atom. The van der Waals surface area contributed by atoms with Crippen LogP contribution in [0.5, 0.6) is 0 Å². The predicted octanol–water partition coefficient (Wildman–Crippen LogP) is 4.80. The lowest BCUT2D eigenvalue weighted by atomic mass is 9.65. The molecule has 2 heteroatoms. The van der Waals surface area contributed by atoms with Crippen molar-refractivity contribution in [2.24, 2.45) is 11.3 Å². The Bertz CT molecular complexity index is 404. The fraction of sp³-hybridized carbons (Fsp3) is 0.722. The highest BCUT2D eigenvalue weighted by Gasteiger charge is 2.47. The van der Waals surface area contributed by atoms with E-state index in [0.29, 0.717) is 11.5 Å². The van der Waals surface area contributed by atoms with Crippen LogP contribution in [0.25, 0.3) is 0 Å². The Kier molecular flexibility index (Phi) is 4.41. The van der Waals surface area contributed by atoms with Crippen molar-refractivity contribution in [3.8, 4) is 0 Å². The maximum Gasteiger partial charge on any atom is 0.333 e. The molecule has 2 nitrogen and oxygen atoms in total. The van der Waals surface area contributed by atoms with Crippen molar-refractivity contribution in [2.45, 2.75) is 70.8 Å². The number of hydrogen-bond donors (Lipinski definition) is 0. The molecular weight excluding hydrogens is 248 g/mol. The molecular formula is C18H28O2. The molecule has 0 spiro atoms. The zero-order chi connectivity index (χ0) is 14.8. The van der Waals surface area contributed by atoms with Crippen LogP contribution in [0.15, 0.2) is 24.8 Å². The number of hydrogen-bond acceptors (Lipinski definition) is 2. The van der Waals surface area contributed by atoms with Gasteiger partial charge in [0, 0.05) is 5.57 Å². The second-order valence-electron chi connectivity index (χ2n) is 7.06. The average molecular weight is 276 g/mol. The fourth-order valence-electron chi connectivity index (χ4n) is 4.09. The summed E-state index contributed by atoms with van der Waals surface area (Å²) in [4.78, 5) is 11.8. The summed E-state index contributed by atoms with van der Waals surface area (Å²) in [5.41, 5.74) is 0.463. The molecule has 0 radical (unpaired) electrons. The van der Waals surface area contributed by atoms with Crippen LogP contribution in [0.2, 0.25) is 0 Å². The Morgan fingerprint density at radius 3 is 2.45 bits per heavy atom. The van der Waals surface area contributed by atoms with Crippen molar-refractivity contribution < 1.29 is 9.53 Å². The first-order valence-electron chi connectivity index (χ1n) is 7.93. The highest BCUT2D eigenvalue weighted by Crippen LogP contribution is 2.53. The van der Waals surface area contributed by atoms with Crippen LogP contribution in [-0.2, 0) is 9.53 Å². The summed E-state index contributed by atoms with van der Waals surface area (Å²) in [6, 6.07) is 0. The Labute approximate surface area is 123 Å². The number of esters is 1. The zero-order valence-corrected chi connectivity index (χ0v) is 13.0. The van der Waals surface area contributed by atoms with Crippen molar-refractivity contribution in [1.29, 1.82) is 0 Å². The van der Waals surface area contributed by atoms with Crippen molar-refractivity contribution in [3.05, 3.63) is 24.8 Å². The first-order chi connectivity index (χ1) is 9.41. The van der Waals surface area contributed by atoms with Gasteiger partial charge in [0.15, 0.2) is 0 Å². The lowest BCUT2D eigenvalue weighted by molar-refractivity contribution is -0.153. The molecule has 2 fully saturated rings. The van der Waals surface area contributed by atoms with Crippen LogP contribution in [0.4, 0.5) is 0 Å². The van der Waals surface area contributed by atoms with E-state index in [-0.39, 0.29) is 17.0 Å². The summed E-state index contributed by atoms with van der Waals surface area (Å²) >= 11 is 0. The molecule has 2 rings (SSSR count). The normalized spacial score (nSPS) is 32.6. The summed E-state index contributed by atoms with van der Waals surface area (Å²) < 4.78 is 5.70. The minimum Gasteiger partial charge on any atom is -0.456 e. The van der Waals surface area contributed by atoms with Gasteiger partial charge in [-0.15, -0.1) is 6.58 Å². The number of rotatable bonds is 4. The van der Waals surface area contributed by atoms with Gasteiger partial charge in [-0.2, -0.15) is 0 Å². The van der Waals surface area contributed by atoms with Crippen molar-refractivity contribution in [2.75, 3.05) is 0 Å². The first kappa shape index (κ1) is 15.3. The smallest absolute Gasteiger partial charge is 0.333 e. The lowest BCUT2D eigenvalue weighted by Gasteiger charge is -2.40. The highest BCUT2D eigenvalue weighted by atomic mass is 16.6. The summed E-state index contributed by atoms with van der Waals surface area (Å²) in [5.74, 6) is 0.368. The SMILES string of the molecule is C=CC1(C2CCC(C)(OC(=O)C(=C)C)C2)CCCCC1. The summed E-state index contributed by atoms with van der Waals surface area (Å²) in [7, 11) is 0. The number of allylic oxidation sites excluding steroid dienone is 1. The largest absolute Gasteiger partial charge is 0.456 e. The molecule has 0 bridgehead atoms. The van der Waals surface area contributed by atoms with Gasteiger partial charge in [-0.25, -0.2) is 4.79 Å². The van der Waals surface area contributed by atoms with Gasteiger partial charge in [0.1, 0.15) is 5.60 Å². The van der Waals surface area contributed by atoms with Crippen molar-refractivity contribution >= 4 is 5.97 Å². The molecule has 0 saturated heterocycles. The van der Waals surface area contributed by atoms with E-state index in [2.05, 4.69) is 26.2 Å². The van der Waals surface area contributed by atoms with E-state index < -0.39 is 0 Å². The minimum absolute atomic E-state index is 0.246. The molecule has 20 heavy (non-hydrogen) atoms. The van der Waals surface area contributed by atoms with Gasteiger partial charge < -0.3 is 4.74 Å². The summed E-state index contributed by atoms with van der Waals surface area (Å²) in [6.45, 7) is 11.6. The van der Waals surface area contributed by atoms with Crippen molar-refractivity contribution in [1.82, 2.24) is 0 Å². The van der Waals surface area contributed by atoms with Gasteiger partial charge >= 0.3 is 5.97 Å². The van der Waals surface area contributed by atoms with Crippen molar-refractivity contribution in [3.63, 3.8) is 0 Å². The third-order valence-corrected chi connectivity index (χ3v) is 5.39. The number of carbonyl (C=O) groups excluding carboxylic acids is 1. The van der Waals surface area contributed by atoms with Gasteiger partial charge in [0.05, 0.1) is 0 Å². The summed E-state index contributed by atoms with van der Waals surface area (Å²) in [6.07, 6.45) is 11.8. The van der Waals surface area contributed by atoms with Crippen LogP contribution in [0.3, 0.4) is 0 Å². The average Bonchev–Trinajstić information content (AvgIpc) is 2.82. The molecule has 0 aromatic heterocycles. The van der Waals surface area contributed by atoms with Crippen LogP contribution >= 0.6 is 0 Å². The zero-order valence-electron chi connectivity index (χ0n) is 13.0. The Morgan fingerprint density at radius 1 is 1.25 bits per heavy atom. The standard InChI is InChI=1S/C18H28O2/c1-5-18(10-7-6-8-11-18)15-9-12-17(4,13-15)20-16(19)14(2)3/h5,15H,1-2,6-13H2,3-4H3. The van der Waals surface area contributed by atoms with Gasteiger partial charge in [-0.1, -0.05) is 31.9 Å². The third kappa shape index (κ3) is 2.99. The Hall–Kier alpha value is -1.05. The van der Waals surface area contributed by atoms with E-state index in [1.54, 1.807) is 6.92 Å². The second-order valence-corrected chi connectivity index (χ2v) is 7.06. The third-order valence-electron chi connectivity index (χ3n) is 5.39. The van der Waals surface area contributed by atoms with E-state index in [9.17, 15) is 4.79 Å². The molecule has 0 heterocycles. The second kappa shape index (κ2) is 5.75. The molecule has 0 aromatic carbocycles. The highest BCUT2D eigenvalue weighted by molar-refractivity contribution is 5.87. The van der Waals surface area contributed by atoms with Crippen LogP contribution < -0.4 is 0 Å². The number of carbonyl (C=O) groups is 1. The van der Waals surface area contributed by atoms with E-state index in [4.69, 9.17) is 4.74 Å². The molecule has 0 aliphatic heterocycles. The first-order valence-corrected chi connectivity index (χ1v) is 7.93. The molecule has 2 aliphatic rings. The molecule has 2 unspecified atom stereocenters. The topological polar surface area (TPSA) is 26.3 Å². The molecule has 2 aliphatic carbocycles. The van der Waals surface area contributed by atoms with E-state index in [0.717, 1.165) is 19.3 Å². The molecule has 2 saturated carbocycles. The van der Waals surface area contributed by atoms with Gasteiger partial charge in [-0.3, -0.25) is 0 Å². The molecule has 112 valence electrons. The number of ether oxygens (including phenoxy) is 1. The summed E-state index contributed by atoms with van der Waals surface area (Å²) in [5, 5.41) is 0. The van der Waals surface area contributed by atoms with Gasteiger partial charge in [0.2, 0.25) is 0 Å². The molecule has 0 amide bonds. The maximum absolute atomic E-state index is 11.8. The molecule has 0 aromatic rings. The van der Waals surface area contributed by atoms with E-state index in [1.807, 2.05) is 0 Å². The predicted molar refractivity (Wildman–Crippen MR) is 82.4 cm³/mol. The Balaban J connectivity index is 2.05. The van der Waals surface area contributed by atoms with Crippen LogP contribution in [0.1, 0.15) is 65.2 Å². The van der Waals surface area contributed by atoms with Crippen LogP contribution in [-0.4, -0.2) is 11.6 Å². The van der Waals surface area contributed by atoms with E-state index in [1.165, 1.54) is 32.1 Å². The lowest BCUT2D eigenvalue weighted by Crippen LogP contribution is -2.33. The van der Waals surface area contributed by atoms with Gasteiger partial charge in [-0.05, 0) is 57.3 Å².